The van der Waals surface area contributed by atoms with Crippen molar-refractivity contribution in [2.24, 2.45) is 17.5 Å². The van der Waals surface area contributed by atoms with Gasteiger partial charge >= 0.3 is 6.18 Å². The first-order valence-electron chi connectivity index (χ1n) is 9.11. The van der Waals surface area contributed by atoms with Gasteiger partial charge in [0.2, 0.25) is 5.60 Å². The largest absolute Gasteiger partial charge is 0.424 e. The van der Waals surface area contributed by atoms with Crippen LogP contribution in [0.3, 0.4) is 0 Å². The number of aliphatic imine (C=N–C) groups is 1. The number of guanidine groups is 1. The number of nitrogens with zero attached hydrogens (tertiary/aromatic N) is 4. The van der Waals surface area contributed by atoms with Gasteiger partial charge < -0.3 is 19.9 Å². The monoisotopic (exact) mass is 517 g/mol. The number of halogens is 4. The Morgan fingerprint density at radius 2 is 1.93 bits per heavy atom. The molecule has 0 bridgehead atoms. The van der Waals surface area contributed by atoms with Crippen molar-refractivity contribution in [2.75, 3.05) is 19.6 Å². The summed E-state index contributed by atoms with van der Waals surface area (Å²) in [5.74, 6) is 0.131. The topological polar surface area (TPSA) is 65.7 Å². The maximum Gasteiger partial charge on any atom is 0.424 e. The van der Waals surface area contributed by atoms with Crippen LogP contribution in [0.2, 0.25) is 0 Å². The summed E-state index contributed by atoms with van der Waals surface area (Å²) < 4.78 is 42.0. The number of hydrogen-bond donors (Lipinski definition) is 2. The van der Waals surface area contributed by atoms with Gasteiger partial charge in [0, 0.05) is 56.5 Å². The average Bonchev–Trinajstić information content (AvgIpc) is 2.97. The fraction of sp³-hybridized carbons (Fsp3) is 0.778. The number of imidazole rings is 1. The molecule has 1 fully saturated rings. The summed E-state index contributed by atoms with van der Waals surface area (Å²) in [4.78, 5) is 10.1. The zero-order valence-electron chi connectivity index (χ0n) is 17.3. The van der Waals surface area contributed by atoms with Gasteiger partial charge in [0.25, 0.3) is 0 Å². The first kappa shape index (κ1) is 25.0. The van der Waals surface area contributed by atoms with Crippen LogP contribution in [0.25, 0.3) is 0 Å². The van der Waals surface area contributed by atoms with Crippen LogP contribution in [0.4, 0.5) is 13.2 Å². The SMILES string of the molecule is CCNC(=NCCC(O)(c1nccn1C)C(F)(F)F)N1CC(C)(C)C1(C)C.I. The second-order valence-corrected chi connectivity index (χ2v) is 8.23. The molecule has 0 aliphatic carbocycles. The second-order valence-electron chi connectivity index (χ2n) is 8.23. The van der Waals surface area contributed by atoms with E-state index in [-0.39, 0.29) is 41.5 Å². The predicted molar refractivity (Wildman–Crippen MR) is 114 cm³/mol. The Morgan fingerprint density at radius 3 is 2.32 bits per heavy atom. The molecule has 1 saturated heterocycles. The molecule has 162 valence electrons. The lowest BCUT2D eigenvalue weighted by Crippen LogP contribution is -2.72. The molecule has 6 nitrogen and oxygen atoms in total. The quantitative estimate of drug-likeness (QED) is 0.358. The third-order valence-corrected chi connectivity index (χ3v) is 5.87. The smallest absolute Gasteiger partial charge is 0.374 e. The molecule has 2 heterocycles. The number of alkyl halides is 3. The van der Waals surface area contributed by atoms with Gasteiger partial charge in [-0.1, -0.05) is 13.8 Å². The van der Waals surface area contributed by atoms with Crippen molar-refractivity contribution in [2.45, 2.75) is 58.4 Å². The van der Waals surface area contributed by atoms with Gasteiger partial charge in [-0.15, -0.1) is 24.0 Å². The minimum atomic E-state index is -4.85. The molecule has 2 rings (SSSR count). The summed E-state index contributed by atoms with van der Waals surface area (Å²) in [6, 6.07) is 0. The van der Waals surface area contributed by atoms with E-state index in [1.807, 2.05) is 6.92 Å². The standard InChI is InChI=1S/C18H30F3N5O.HI/c1-7-22-14(26-12-15(2,3)16(26,4)5)24-9-8-17(27,18(19,20)21)13-23-10-11-25(13)6;/h10-11,27H,7-9,12H2,1-6H3,(H,22,24);1H. The molecule has 0 amide bonds. The molecule has 0 saturated carbocycles. The molecule has 1 aliphatic heterocycles. The van der Waals surface area contributed by atoms with Gasteiger partial charge in [-0.25, -0.2) is 4.98 Å². The fourth-order valence-corrected chi connectivity index (χ4v) is 3.26. The second kappa shape index (κ2) is 8.37. The maximum atomic E-state index is 13.6. The molecular weight excluding hydrogens is 486 g/mol. The molecule has 0 radical (unpaired) electrons. The molecule has 1 aliphatic rings. The van der Waals surface area contributed by atoms with Crippen molar-refractivity contribution in [1.29, 1.82) is 0 Å². The first-order valence-corrected chi connectivity index (χ1v) is 9.11. The minimum Gasteiger partial charge on any atom is -0.374 e. The lowest BCUT2D eigenvalue weighted by molar-refractivity contribution is -0.272. The molecule has 0 spiro atoms. The Morgan fingerprint density at radius 1 is 1.32 bits per heavy atom. The summed E-state index contributed by atoms with van der Waals surface area (Å²) in [5, 5.41) is 13.6. The van der Waals surface area contributed by atoms with E-state index in [9.17, 15) is 18.3 Å². The number of aryl methyl sites for hydroxylation is 1. The maximum absolute atomic E-state index is 13.6. The molecule has 1 unspecified atom stereocenters. The van der Waals surface area contributed by atoms with E-state index in [1.54, 1.807) is 0 Å². The third kappa shape index (κ3) is 4.27. The van der Waals surface area contributed by atoms with E-state index in [4.69, 9.17) is 0 Å². The van der Waals surface area contributed by atoms with Gasteiger partial charge in [-0.2, -0.15) is 13.2 Å². The Bertz CT molecular complexity index is 702. The Balaban J connectivity index is 0.00000392. The highest BCUT2D eigenvalue weighted by molar-refractivity contribution is 14.0. The van der Waals surface area contributed by atoms with Crippen molar-refractivity contribution in [3.63, 3.8) is 0 Å². The van der Waals surface area contributed by atoms with Crippen LogP contribution < -0.4 is 5.32 Å². The van der Waals surface area contributed by atoms with E-state index in [2.05, 4.69) is 47.9 Å². The van der Waals surface area contributed by atoms with Crippen molar-refractivity contribution < 1.29 is 18.3 Å². The number of aromatic nitrogens is 2. The Labute approximate surface area is 181 Å². The van der Waals surface area contributed by atoms with Crippen molar-refractivity contribution in [3.05, 3.63) is 18.2 Å². The number of likely N-dealkylation sites (tertiary alicyclic amines) is 1. The van der Waals surface area contributed by atoms with Crippen LogP contribution in [0, 0.1) is 5.41 Å². The normalized spacial score (nSPS) is 20.8. The predicted octanol–water partition coefficient (Wildman–Crippen LogP) is 3.26. The van der Waals surface area contributed by atoms with Crippen molar-refractivity contribution in [3.8, 4) is 0 Å². The zero-order valence-corrected chi connectivity index (χ0v) is 19.6. The Kier molecular flexibility index (Phi) is 7.47. The minimum absolute atomic E-state index is 0. The van der Waals surface area contributed by atoms with Gasteiger partial charge in [0.15, 0.2) is 5.96 Å². The van der Waals surface area contributed by atoms with Gasteiger partial charge in [-0.05, 0) is 20.8 Å². The summed E-state index contributed by atoms with van der Waals surface area (Å²) in [5.41, 5.74) is -3.15. The zero-order chi connectivity index (χ0) is 20.7. The summed E-state index contributed by atoms with van der Waals surface area (Å²) >= 11 is 0. The average molecular weight is 517 g/mol. The highest BCUT2D eigenvalue weighted by atomic mass is 127. The van der Waals surface area contributed by atoms with Crippen molar-refractivity contribution >= 4 is 29.9 Å². The number of aliphatic hydroxyl groups is 1. The van der Waals surface area contributed by atoms with Crippen LogP contribution in [0.15, 0.2) is 17.4 Å². The molecule has 2 N–H and O–H groups in total. The highest BCUT2D eigenvalue weighted by Gasteiger charge is 2.57. The fourth-order valence-electron chi connectivity index (χ4n) is 3.26. The first-order chi connectivity index (χ1) is 12.3. The molecule has 0 aromatic carbocycles. The van der Waals surface area contributed by atoms with E-state index in [0.29, 0.717) is 12.5 Å². The molecule has 10 heteroatoms. The van der Waals surface area contributed by atoms with E-state index in [0.717, 1.165) is 6.54 Å². The number of nitrogens with one attached hydrogen (secondary N) is 1. The van der Waals surface area contributed by atoms with E-state index >= 15 is 0 Å². The lowest BCUT2D eigenvalue weighted by atomic mass is 9.65. The van der Waals surface area contributed by atoms with E-state index < -0.39 is 24.0 Å². The van der Waals surface area contributed by atoms with Crippen LogP contribution in [-0.4, -0.2) is 56.9 Å². The molecular formula is C18H31F3IN5O. The third-order valence-electron chi connectivity index (χ3n) is 5.87. The van der Waals surface area contributed by atoms with Crippen LogP contribution in [0.1, 0.15) is 46.9 Å². The summed E-state index contributed by atoms with van der Waals surface area (Å²) in [6.45, 7) is 11.6. The molecule has 1 aromatic heterocycles. The Hall–Kier alpha value is -1.04. The molecule has 1 atom stereocenters. The molecule has 1 aromatic rings. The van der Waals surface area contributed by atoms with Crippen LogP contribution >= 0.6 is 24.0 Å². The van der Waals surface area contributed by atoms with Crippen molar-refractivity contribution in [1.82, 2.24) is 19.8 Å². The summed E-state index contributed by atoms with van der Waals surface area (Å²) in [6.07, 6.45) is -2.83. The van der Waals surface area contributed by atoms with Gasteiger partial charge in [0.1, 0.15) is 5.82 Å². The number of rotatable bonds is 5. The molecule has 28 heavy (non-hydrogen) atoms. The lowest BCUT2D eigenvalue weighted by Gasteiger charge is -2.62. The summed E-state index contributed by atoms with van der Waals surface area (Å²) in [7, 11) is 1.43. The van der Waals surface area contributed by atoms with Gasteiger partial charge in [0.05, 0.1) is 0 Å². The number of hydrogen-bond acceptors (Lipinski definition) is 3. The van der Waals surface area contributed by atoms with Gasteiger partial charge in [-0.3, -0.25) is 4.99 Å². The van der Waals surface area contributed by atoms with E-state index in [1.165, 1.54) is 24.0 Å². The highest BCUT2D eigenvalue weighted by Crippen LogP contribution is 2.46. The van der Waals surface area contributed by atoms with Crippen LogP contribution in [-0.2, 0) is 12.6 Å². The van der Waals surface area contributed by atoms with Crippen LogP contribution in [0.5, 0.6) is 0 Å².